The molecule has 1 unspecified atom stereocenters. The van der Waals surface area contributed by atoms with E-state index in [-0.39, 0.29) is 5.82 Å². The molecule has 1 aromatic carbocycles. The zero-order chi connectivity index (χ0) is 15.9. The number of nitrogens with one attached hydrogen (secondary N) is 1. The molecule has 118 valence electrons. The molecule has 0 bridgehead atoms. The number of benzene rings is 1. The monoisotopic (exact) mass is 297 g/mol. The van der Waals surface area contributed by atoms with Crippen molar-refractivity contribution in [3.05, 3.63) is 29.6 Å². The first-order valence-corrected chi connectivity index (χ1v) is 7.26. The Kier molecular flexibility index (Phi) is 6.62. The number of aryl methyl sites for hydroxylation is 1. The molecule has 0 aliphatic rings. The van der Waals surface area contributed by atoms with Crippen molar-refractivity contribution < 1.29 is 19.0 Å². The average Bonchev–Trinajstić information content (AvgIpc) is 2.43. The highest BCUT2D eigenvalue weighted by Gasteiger charge is 2.31. The van der Waals surface area contributed by atoms with Crippen molar-refractivity contribution in [3.8, 4) is 5.75 Å². The van der Waals surface area contributed by atoms with Crippen molar-refractivity contribution in [3.63, 3.8) is 0 Å². The summed E-state index contributed by atoms with van der Waals surface area (Å²) in [7, 11) is 0. The Morgan fingerprint density at radius 3 is 2.76 bits per heavy atom. The first-order valence-electron chi connectivity index (χ1n) is 7.26. The van der Waals surface area contributed by atoms with Crippen LogP contribution in [0.4, 0.5) is 4.39 Å². The van der Waals surface area contributed by atoms with Crippen LogP contribution in [0.5, 0.6) is 5.75 Å². The van der Waals surface area contributed by atoms with Gasteiger partial charge in [0.2, 0.25) is 0 Å². The summed E-state index contributed by atoms with van der Waals surface area (Å²) >= 11 is 0. The van der Waals surface area contributed by atoms with Crippen molar-refractivity contribution in [2.75, 3.05) is 13.2 Å². The van der Waals surface area contributed by atoms with Crippen molar-refractivity contribution in [2.24, 2.45) is 0 Å². The largest absolute Gasteiger partial charge is 0.493 e. The van der Waals surface area contributed by atoms with Gasteiger partial charge in [0.15, 0.2) is 0 Å². The summed E-state index contributed by atoms with van der Waals surface area (Å²) < 4.78 is 18.6. The van der Waals surface area contributed by atoms with E-state index in [1.165, 1.54) is 12.1 Å². The van der Waals surface area contributed by atoms with E-state index in [1.54, 1.807) is 19.9 Å². The third-order valence-electron chi connectivity index (χ3n) is 3.45. The molecule has 0 aliphatic heterocycles. The molecule has 0 heterocycles. The SMILES string of the molecule is CCCNC(C)(CCCOc1ccc(F)cc1C)C(=O)O. The molecule has 0 saturated carbocycles. The van der Waals surface area contributed by atoms with Crippen molar-refractivity contribution >= 4 is 5.97 Å². The van der Waals surface area contributed by atoms with E-state index in [9.17, 15) is 14.3 Å². The zero-order valence-electron chi connectivity index (χ0n) is 12.9. The normalized spacial score (nSPS) is 13.7. The molecule has 0 radical (unpaired) electrons. The van der Waals surface area contributed by atoms with E-state index in [0.717, 1.165) is 12.0 Å². The van der Waals surface area contributed by atoms with E-state index in [4.69, 9.17) is 4.74 Å². The second-order valence-electron chi connectivity index (χ2n) is 5.43. The van der Waals surface area contributed by atoms with Crippen LogP contribution in [0.3, 0.4) is 0 Å². The van der Waals surface area contributed by atoms with Crippen molar-refractivity contribution in [1.82, 2.24) is 5.32 Å². The number of carboxylic acids is 1. The van der Waals surface area contributed by atoms with Gasteiger partial charge < -0.3 is 15.2 Å². The lowest BCUT2D eigenvalue weighted by Gasteiger charge is -2.26. The van der Waals surface area contributed by atoms with Crippen LogP contribution in [0, 0.1) is 12.7 Å². The van der Waals surface area contributed by atoms with E-state index in [1.807, 2.05) is 6.92 Å². The summed E-state index contributed by atoms with van der Waals surface area (Å²) in [5.41, 5.74) is -0.197. The quantitative estimate of drug-likeness (QED) is 0.688. The number of carbonyl (C=O) groups is 1. The van der Waals surface area contributed by atoms with Gasteiger partial charge in [-0.15, -0.1) is 0 Å². The number of rotatable bonds is 9. The van der Waals surface area contributed by atoms with E-state index >= 15 is 0 Å². The first kappa shape index (κ1) is 17.4. The molecule has 0 spiro atoms. The summed E-state index contributed by atoms with van der Waals surface area (Å²) in [6.45, 7) is 6.54. The summed E-state index contributed by atoms with van der Waals surface area (Å²) in [5.74, 6) is -0.508. The Morgan fingerprint density at radius 2 is 2.19 bits per heavy atom. The second kappa shape index (κ2) is 7.98. The maximum atomic E-state index is 13.0. The summed E-state index contributed by atoms with van der Waals surface area (Å²) in [4.78, 5) is 11.3. The molecular formula is C16H24FNO3. The molecule has 2 N–H and O–H groups in total. The Morgan fingerprint density at radius 1 is 1.48 bits per heavy atom. The molecule has 4 nitrogen and oxygen atoms in total. The van der Waals surface area contributed by atoms with E-state index in [2.05, 4.69) is 5.32 Å². The van der Waals surface area contributed by atoms with Crippen molar-refractivity contribution in [2.45, 2.75) is 45.6 Å². The van der Waals surface area contributed by atoms with Crippen LogP contribution in [0.25, 0.3) is 0 Å². The van der Waals surface area contributed by atoms with Gasteiger partial charge in [0, 0.05) is 0 Å². The smallest absolute Gasteiger partial charge is 0.323 e. The molecule has 1 atom stereocenters. The van der Waals surface area contributed by atoms with Gasteiger partial charge >= 0.3 is 5.97 Å². The summed E-state index contributed by atoms with van der Waals surface area (Å²) in [6, 6.07) is 4.36. The molecule has 1 aromatic rings. The fourth-order valence-corrected chi connectivity index (χ4v) is 2.05. The lowest BCUT2D eigenvalue weighted by Crippen LogP contribution is -2.49. The molecule has 0 amide bonds. The number of hydrogen-bond acceptors (Lipinski definition) is 3. The Labute approximate surface area is 125 Å². The van der Waals surface area contributed by atoms with Crippen molar-refractivity contribution in [1.29, 1.82) is 0 Å². The van der Waals surface area contributed by atoms with Gasteiger partial charge in [-0.2, -0.15) is 0 Å². The highest BCUT2D eigenvalue weighted by Crippen LogP contribution is 2.19. The van der Waals surface area contributed by atoms with Gasteiger partial charge in [-0.25, -0.2) is 4.39 Å². The fraction of sp³-hybridized carbons (Fsp3) is 0.562. The number of carboxylic acid groups (broad SMARTS) is 1. The van der Waals surface area contributed by atoms with Crippen LogP contribution in [0.15, 0.2) is 18.2 Å². The zero-order valence-corrected chi connectivity index (χ0v) is 12.9. The maximum absolute atomic E-state index is 13.0. The Balaban J connectivity index is 2.46. The highest BCUT2D eigenvalue weighted by molar-refractivity contribution is 5.78. The molecular weight excluding hydrogens is 273 g/mol. The topological polar surface area (TPSA) is 58.6 Å². The number of halogens is 1. The lowest BCUT2D eigenvalue weighted by molar-refractivity contribution is -0.144. The van der Waals surface area contributed by atoms with Crippen LogP contribution in [0.2, 0.25) is 0 Å². The number of hydrogen-bond donors (Lipinski definition) is 2. The second-order valence-corrected chi connectivity index (χ2v) is 5.43. The van der Waals surface area contributed by atoms with Crippen LogP contribution in [-0.2, 0) is 4.79 Å². The molecule has 1 rings (SSSR count). The molecule has 0 fully saturated rings. The minimum Gasteiger partial charge on any atom is -0.493 e. The van der Waals surface area contributed by atoms with Crippen LogP contribution < -0.4 is 10.1 Å². The third kappa shape index (κ3) is 5.34. The summed E-state index contributed by atoms with van der Waals surface area (Å²) in [6.07, 6.45) is 1.97. The molecule has 0 aliphatic carbocycles. The number of aliphatic carboxylic acids is 1. The third-order valence-corrected chi connectivity index (χ3v) is 3.45. The molecule has 5 heteroatoms. The Hall–Kier alpha value is -1.62. The van der Waals surface area contributed by atoms with Crippen LogP contribution in [0.1, 0.15) is 38.7 Å². The fourth-order valence-electron chi connectivity index (χ4n) is 2.05. The van der Waals surface area contributed by atoms with Crippen LogP contribution in [-0.4, -0.2) is 29.8 Å². The minimum atomic E-state index is -0.933. The number of ether oxygens (including phenoxy) is 1. The van der Waals surface area contributed by atoms with E-state index in [0.29, 0.717) is 31.7 Å². The molecule has 0 aromatic heterocycles. The lowest BCUT2D eigenvalue weighted by atomic mass is 9.96. The minimum absolute atomic E-state index is 0.290. The highest BCUT2D eigenvalue weighted by atomic mass is 19.1. The predicted octanol–water partition coefficient (Wildman–Crippen LogP) is 3.14. The average molecular weight is 297 g/mol. The van der Waals surface area contributed by atoms with Gasteiger partial charge in [-0.3, -0.25) is 4.79 Å². The molecule has 0 saturated heterocycles. The van der Waals surface area contributed by atoms with Gasteiger partial charge in [-0.05, 0) is 63.4 Å². The molecule has 21 heavy (non-hydrogen) atoms. The van der Waals surface area contributed by atoms with Crippen LogP contribution >= 0.6 is 0 Å². The Bertz CT molecular complexity index is 479. The predicted molar refractivity (Wildman–Crippen MR) is 80.2 cm³/mol. The van der Waals surface area contributed by atoms with Gasteiger partial charge in [-0.1, -0.05) is 6.92 Å². The maximum Gasteiger partial charge on any atom is 0.323 e. The van der Waals surface area contributed by atoms with Gasteiger partial charge in [0.1, 0.15) is 17.1 Å². The van der Waals surface area contributed by atoms with E-state index < -0.39 is 11.5 Å². The van der Waals surface area contributed by atoms with Gasteiger partial charge in [0.25, 0.3) is 0 Å². The summed E-state index contributed by atoms with van der Waals surface area (Å²) in [5, 5.41) is 12.4. The first-order chi connectivity index (χ1) is 9.89. The standard InChI is InChI=1S/C16H24FNO3/c1-4-9-18-16(3,15(19)20)8-5-10-21-14-7-6-13(17)11-12(14)2/h6-7,11,18H,4-5,8-10H2,1-3H3,(H,19,20). The van der Waals surface area contributed by atoms with Gasteiger partial charge in [0.05, 0.1) is 6.61 Å².